The number of hydrogen-bond donors (Lipinski definition) is 1. The van der Waals surface area contributed by atoms with E-state index in [0.29, 0.717) is 17.1 Å². The van der Waals surface area contributed by atoms with Crippen LogP contribution >= 0.6 is 23.2 Å². The van der Waals surface area contributed by atoms with Crippen LogP contribution in [-0.2, 0) is 6.54 Å². The molecule has 0 heterocycles. The van der Waals surface area contributed by atoms with Gasteiger partial charge in [-0.1, -0.05) is 47.5 Å². The van der Waals surface area contributed by atoms with Crippen molar-refractivity contribution in [1.29, 1.82) is 0 Å². The van der Waals surface area contributed by atoms with E-state index in [9.17, 15) is 4.39 Å². The van der Waals surface area contributed by atoms with E-state index in [-0.39, 0.29) is 5.02 Å². The maximum Gasteiger partial charge on any atom is 0.146 e. The van der Waals surface area contributed by atoms with Crippen LogP contribution in [0.3, 0.4) is 0 Å². The zero-order chi connectivity index (χ0) is 13.1. The molecule has 0 spiro atoms. The topological polar surface area (TPSA) is 12.0 Å². The van der Waals surface area contributed by atoms with Gasteiger partial charge in [0, 0.05) is 12.1 Å². The second-order valence-electron chi connectivity index (χ2n) is 4.00. The first-order valence-electron chi connectivity index (χ1n) is 5.51. The molecule has 2 aromatic rings. The van der Waals surface area contributed by atoms with Crippen LogP contribution in [0.4, 0.5) is 10.1 Å². The number of halogens is 3. The van der Waals surface area contributed by atoms with Crippen LogP contribution in [0.1, 0.15) is 11.1 Å². The SMILES string of the molecule is Cc1cccc(Cl)c1NCc1cccc(Cl)c1F. The third kappa shape index (κ3) is 2.77. The first-order chi connectivity index (χ1) is 8.59. The van der Waals surface area contributed by atoms with Crippen LogP contribution in [-0.4, -0.2) is 0 Å². The van der Waals surface area contributed by atoms with E-state index in [1.165, 1.54) is 6.07 Å². The molecule has 0 atom stereocenters. The van der Waals surface area contributed by atoms with E-state index in [2.05, 4.69) is 5.32 Å². The van der Waals surface area contributed by atoms with Gasteiger partial charge in [-0.05, 0) is 24.6 Å². The van der Waals surface area contributed by atoms with Gasteiger partial charge >= 0.3 is 0 Å². The van der Waals surface area contributed by atoms with Crippen LogP contribution in [0, 0.1) is 12.7 Å². The normalized spacial score (nSPS) is 10.4. The number of hydrogen-bond acceptors (Lipinski definition) is 1. The lowest BCUT2D eigenvalue weighted by Gasteiger charge is -2.12. The predicted octanol–water partition coefficient (Wildman–Crippen LogP) is 5.05. The zero-order valence-corrected chi connectivity index (χ0v) is 11.3. The summed E-state index contributed by atoms with van der Waals surface area (Å²) in [6, 6.07) is 10.6. The Labute approximate surface area is 116 Å². The Bertz CT molecular complexity index is 549. The number of nitrogens with one attached hydrogen (secondary N) is 1. The summed E-state index contributed by atoms with van der Waals surface area (Å²) in [4.78, 5) is 0. The molecule has 0 bridgehead atoms. The number of aryl methyl sites for hydroxylation is 1. The van der Waals surface area contributed by atoms with Crippen molar-refractivity contribution in [3.05, 3.63) is 63.4 Å². The van der Waals surface area contributed by atoms with Gasteiger partial charge < -0.3 is 5.32 Å². The fraction of sp³-hybridized carbons (Fsp3) is 0.143. The van der Waals surface area contributed by atoms with Crippen LogP contribution in [0.2, 0.25) is 10.0 Å². The molecule has 2 aromatic carbocycles. The van der Waals surface area contributed by atoms with Gasteiger partial charge in [0.25, 0.3) is 0 Å². The average Bonchev–Trinajstić information content (AvgIpc) is 2.33. The Morgan fingerprint density at radius 1 is 1.06 bits per heavy atom. The van der Waals surface area contributed by atoms with Gasteiger partial charge in [0.15, 0.2) is 0 Å². The van der Waals surface area contributed by atoms with Crippen molar-refractivity contribution < 1.29 is 4.39 Å². The van der Waals surface area contributed by atoms with Crippen molar-refractivity contribution in [2.45, 2.75) is 13.5 Å². The first-order valence-corrected chi connectivity index (χ1v) is 6.27. The number of rotatable bonds is 3. The average molecular weight is 284 g/mol. The molecule has 0 radical (unpaired) electrons. The van der Waals surface area contributed by atoms with Crippen molar-refractivity contribution in [3.63, 3.8) is 0 Å². The Morgan fingerprint density at radius 2 is 1.72 bits per heavy atom. The van der Waals surface area contributed by atoms with E-state index < -0.39 is 5.82 Å². The van der Waals surface area contributed by atoms with E-state index >= 15 is 0 Å². The molecular formula is C14H12Cl2FN. The van der Waals surface area contributed by atoms with Crippen molar-refractivity contribution >= 4 is 28.9 Å². The fourth-order valence-corrected chi connectivity index (χ4v) is 2.21. The maximum atomic E-state index is 13.7. The lowest BCUT2D eigenvalue weighted by atomic mass is 10.1. The second-order valence-corrected chi connectivity index (χ2v) is 4.81. The van der Waals surface area contributed by atoms with Crippen molar-refractivity contribution in [2.75, 3.05) is 5.32 Å². The minimum atomic E-state index is -0.392. The molecule has 18 heavy (non-hydrogen) atoms. The number of anilines is 1. The molecule has 0 saturated carbocycles. The minimum Gasteiger partial charge on any atom is -0.379 e. The monoisotopic (exact) mass is 283 g/mol. The summed E-state index contributed by atoms with van der Waals surface area (Å²) in [7, 11) is 0. The Kier molecular flexibility index (Phi) is 4.10. The zero-order valence-electron chi connectivity index (χ0n) is 9.81. The molecule has 1 nitrogen and oxygen atoms in total. The van der Waals surface area contributed by atoms with Crippen molar-refractivity contribution in [3.8, 4) is 0 Å². The lowest BCUT2D eigenvalue weighted by molar-refractivity contribution is 0.613. The van der Waals surface area contributed by atoms with Crippen LogP contribution < -0.4 is 5.32 Å². The summed E-state index contributed by atoms with van der Waals surface area (Å²) in [5.74, 6) is -0.392. The third-order valence-corrected chi connectivity index (χ3v) is 3.32. The van der Waals surface area contributed by atoms with Gasteiger partial charge in [-0.2, -0.15) is 0 Å². The molecular weight excluding hydrogens is 272 g/mol. The molecule has 2 rings (SSSR count). The van der Waals surface area contributed by atoms with E-state index in [0.717, 1.165) is 11.3 Å². The summed E-state index contributed by atoms with van der Waals surface area (Å²) in [5.41, 5.74) is 2.35. The summed E-state index contributed by atoms with van der Waals surface area (Å²) in [6.45, 7) is 2.29. The Hall–Kier alpha value is -1.25. The molecule has 0 saturated heterocycles. The summed E-state index contributed by atoms with van der Waals surface area (Å²) in [6.07, 6.45) is 0. The van der Waals surface area contributed by atoms with Gasteiger partial charge in [-0.3, -0.25) is 0 Å². The summed E-state index contributed by atoms with van der Waals surface area (Å²) >= 11 is 11.8. The van der Waals surface area contributed by atoms with Crippen LogP contribution in [0.15, 0.2) is 36.4 Å². The Morgan fingerprint density at radius 3 is 2.44 bits per heavy atom. The van der Waals surface area contributed by atoms with E-state index in [1.54, 1.807) is 18.2 Å². The van der Waals surface area contributed by atoms with E-state index in [4.69, 9.17) is 23.2 Å². The third-order valence-electron chi connectivity index (χ3n) is 2.71. The molecule has 0 aliphatic heterocycles. The molecule has 1 N–H and O–H groups in total. The maximum absolute atomic E-state index is 13.7. The smallest absolute Gasteiger partial charge is 0.146 e. The predicted molar refractivity (Wildman–Crippen MR) is 74.9 cm³/mol. The molecule has 94 valence electrons. The standard InChI is InChI=1S/C14H12Cl2FN/c1-9-4-2-7-12(16)14(9)18-8-10-5-3-6-11(15)13(10)17/h2-7,18H,8H2,1H3. The summed E-state index contributed by atoms with van der Waals surface area (Å²) < 4.78 is 13.7. The number of para-hydroxylation sites is 1. The highest BCUT2D eigenvalue weighted by atomic mass is 35.5. The van der Waals surface area contributed by atoms with Gasteiger partial charge in [0.05, 0.1) is 15.7 Å². The first kappa shape index (κ1) is 13.2. The van der Waals surface area contributed by atoms with Gasteiger partial charge in [-0.15, -0.1) is 0 Å². The molecule has 0 aliphatic rings. The van der Waals surface area contributed by atoms with Gasteiger partial charge in [0.1, 0.15) is 5.82 Å². The van der Waals surface area contributed by atoms with Gasteiger partial charge in [0.2, 0.25) is 0 Å². The molecule has 0 amide bonds. The Balaban J connectivity index is 2.19. The minimum absolute atomic E-state index is 0.130. The fourth-order valence-electron chi connectivity index (χ4n) is 1.72. The summed E-state index contributed by atoms with van der Waals surface area (Å²) in [5, 5.41) is 3.89. The second kappa shape index (κ2) is 5.59. The quantitative estimate of drug-likeness (QED) is 0.831. The molecule has 0 aliphatic carbocycles. The highest BCUT2D eigenvalue weighted by molar-refractivity contribution is 6.33. The highest BCUT2D eigenvalue weighted by Gasteiger charge is 2.08. The van der Waals surface area contributed by atoms with Gasteiger partial charge in [-0.25, -0.2) is 4.39 Å². The molecule has 4 heteroatoms. The van der Waals surface area contributed by atoms with Crippen molar-refractivity contribution in [2.24, 2.45) is 0 Å². The highest BCUT2D eigenvalue weighted by Crippen LogP contribution is 2.26. The lowest BCUT2D eigenvalue weighted by Crippen LogP contribution is -2.03. The van der Waals surface area contributed by atoms with E-state index in [1.807, 2.05) is 19.1 Å². The van der Waals surface area contributed by atoms with Crippen molar-refractivity contribution in [1.82, 2.24) is 0 Å². The van der Waals surface area contributed by atoms with Crippen LogP contribution in [0.5, 0.6) is 0 Å². The number of benzene rings is 2. The molecule has 0 fully saturated rings. The molecule has 0 aromatic heterocycles. The molecule has 0 unspecified atom stereocenters. The van der Waals surface area contributed by atoms with Crippen LogP contribution in [0.25, 0.3) is 0 Å². The largest absolute Gasteiger partial charge is 0.379 e.